The molecule has 10 heteroatoms. The zero-order chi connectivity index (χ0) is 27.6. The number of carbonyl (C=O) groups excluding carboxylic acids is 2. The maximum absolute atomic E-state index is 14.3. The minimum atomic E-state index is -1.55. The average Bonchev–Trinajstić information content (AvgIpc) is 3.52. The first-order valence-electron chi connectivity index (χ1n) is 12.3. The topological polar surface area (TPSA) is 85.7 Å². The number of nitrogens with one attached hydrogen (secondary N) is 1. The van der Waals surface area contributed by atoms with Gasteiger partial charge in [0.1, 0.15) is 17.3 Å². The number of anilines is 2. The molecule has 0 aliphatic carbocycles. The average molecular weight is 563 g/mol. The van der Waals surface area contributed by atoms with Gasteiger partial charge in [0.15, 0.2) is 11.2 Å². The van der Waals surface area contributed by atoms with Gasteiger partial charge in [0, 0.05) is 39.1 Å². The maximum Gasteiger partial charge on any atom is 0.280 e. The number of aromatic nitrogens is 2. The van der Waals surface area contributed by atoms with Crippen LogP contribution in [0.3, 0.4) is 0 Å². The number of nitrogens with zero attached hydrogens (tertiary/aromatic N) is 3. The van der Waals surface area contributed by atoms with Crippen molar-refractivity contribution in [2.45, 2.75) is 25.4 Å². The summed E-state index contributed by atoms with van der Waals surface area (Å²) in [5.41, 5.74) is 1.35. The van der Waals surface area contributed by atoms with Gasteiger partial charge in [-0.1, -0.05) is 35.3 Å². The molecule has 6 rings (SSSR count). The molecular formula is C29H24Cl2N4O4. The van der Waals surface area contributed by atoms with Crippen LogP contribution in [0.25, 0.3) is 11.4 Å². The van der Waals surface area contributed by atoms with Crippen LogP contribution in [0.2, 0.25) is 10.0 Å². The van der Waals surface area contributed by atoms with E-state index in [0.29, 0.717) is 55.6 Å². The van der Waals surface area contributed by atoms with Crippen molar-refractivity contribution in [3.05, 3.63) is 87.7 Å². The van der Waals surface area contributed by atoms with E-state index in [1.807, 2.05) is 24.5 Å². The maximum atomic E-state index is 14.3. The lowest BCUT2D eigenvalue weighted by molar-refractivity contribution is -0.119. The normalized spacial score (nSPS) is 17.6. The van der Waals surface area contributed by atoms with Crippen LogP contribution in [0.5, 0.6) is 11.5 Å². The Morgan fingerprint density at radius 1 is 0.949 bits per heavy atom. The minimum Gasteiger partial charge on any atom is -0.497 e. The van der Waals surface area contributed by atoms with E-state index in [-0.39, 0.29) is 17.6 Å². The van der Waals surface area contributed by atoms with Crippen LogP contribution < -0.4 is 19.7 Å². The summed E-state index contributed by atoms with van der Waals surface area (Å²) >= 11 is 12.7. The van der Waals surface area contributed by atoms with Crippen LogP contribution in [0, 0.1) is 0 Å². The number of benzene rings is 3. The predicted molar refractivity (Wildman–Crippen MR) is 150 cm³/mol. The van der Waals surface area contributed by atoms with Gasteiger partial charge in [-0.3, -0.25) is 14.5 Å². The number of hydrogen-bond acceptors (Lipinski definition) is 5. The number of hydrogen-bond donors (Lipinski definition) is 1. The predicted octanol–water partition coefficient (Wildman–Crippen LogP) is 6.31. The van der Waals surface area contributed by atoms with Crippen molar-refractivity contribution in [1.82, 2.24) is 9.55 Å². The SMILES string of the molecule is COc1ccc(-c2nc3c(n2C(C)C)C2(C(=O)Nc4cc(Cl)ccc42)N(c2cccc(Cl)c2)C3=O)c(OC)c1. The molecule has 0 saturated carbocycles. The van der Waals surface area contributed by atoms with Crippen molar-refractivity contribution < 1.29 is 19.1 Å². The Morgan fingerprint density at radius 2 is 1.72 bits per heavy atom. The highest BCUT2D eigenvalue weighted by Gasteiger charge is 2.64. The van der Waals surface area contributed by atoms with Crippen LogP contribution in [0.4, 0.5) is 11.4 Å². The van der Waals surface area contributed by atoms with Crippen molar-refractivity contribution in [3.8, 4) is 22.9 Å². The molecule has 39 heavy (non-hydrogen) atoms. The number of rotatable bonds is 5. The Morgan fingerprint density at radius 3 is 2.41 bits per heavy atom. The standard InChI is InChI=1S/C29H24Cl2N4O4/c1-15(2)34-25-24(33-26(34)20-10-9-19(38-3)14-23(20)39-4)27(36)35(18-7-5-6-16(30)12-18)29(25)21-11-8-17(31)13-22(21)32-28(29)37/h5-15H,1-4H3,(H,32,37). The first kappa shape index (κ1) is 25.3. The van der Waals surface area contributed by atoms with Gasteiger partial charge in [0.05, 0.1) is 25.5 Å². The minimum absolute atomic E-state index is 0.175. The molecule has 0 fully saturated rings. The molecule has 4 aromatic rings. The zero-order valence-corrected chi connectivity index (χ0v) is 23.1. The van der Waals surface area contributed by atoms with Crippen LogP contribution in [-0.4, -0.2) is 35.6 Å². The summed E-state index contributed by atoms with van der Waals surface area (Å²) in [6.07, 6.45) is 0. The quantitative estimate of drug-likeness (QED) is 0.308. The molecule has 198 valence electrons. The summed E-state index contributed by atoms with van der Waals surface area (Å²) < 4.78 is 13.0. The molecular weight excluding hydrogens is 539 g/mol. The molecule has 0 bridgehead atoms. The molecule has 1 aromatic heterocycles. The number of imidazole rings is 1. The van der Waals surface area contributed by atoms with E-state index < -0.39 is 11.4 Å². The van der Waals surface area contributed by atoms with Crippen LogP contribution in [0.15, 0.2) is 60.7 Å². The van der Waals surface area contributed by atoms with Gasteiger partial charge in [0.25, 0.3) is 11.8 Å². The first-order valence-corrected chi connectivity index (χ1v) is 13.0. The van der Waals surface area contributed by atoms with Gasteiger partial charge in [-0.05, 0) is 56.3 Å². The molecule has 1 atom stereocenters. The van der Waals surface area contributed by atoms with E-state index in [1.165, 1.54) is 4.90 Å². The summed E-state index contributed by atoms with van der Waals surface area (Å²) in [4.78, 5) is 34.9. The molecule has 2 aliphatic rings. The third-order valence-corrected chi connectivity index (χ3v) is 7.65. The molecule has 1 unspecified atom stereocenters. The summed E-state index contributed by atoms with van der Waals surface area (Å²) in [5.74, 6) is 0.839. The Labute approximate surface area is 235 Å². The fourth-order valence-electron chi connectivity index (χ4n) is 5.62. The highest BCUT2D eigenvalue weighted by atomic mass is 35.5. The van der Waals surface area contributed by atoms with Gasteiger partial charge in [-0.25, -0.2) is 4.98 Å². The smallest absolute Gasteiger partial charge is 0.280 e. The second-order valence-electron chi connectivity index (χ2n) is 9.64. The van der Waals surface area contributed by atoms with E-state index in [9.17, 15) is 9.59 Å². The molecule has 0 radical (unpaired) electrons. The summed E-state index contributed by atoms with van der Waals surface area (Å²) in [6.45, 7) is 3.97. The number of amides is 2. The molecule has 2 amide bonds. The fourth-order valence-corrected chi connectivity index (χ4v) is 5.98. The van der Waals surface area contributed by atoms with Crippen molar-refractivity contribution in [1.29, 1.82) is 0 Å². The monoisotopic (exact) mass is 562 g/mol. The number of methoxy groups -OCH3 is 2. The molecule has 0 saturated heterocycles. The molecule has 2 aliphatic heterocycles. The number of halogens is 2. The molecule has 1 N–H and O–H groups in total. The van der Waals surface area contributed by atoms with Gasteiger partial charge in [0.2, 0.25) is 0 Å². The van der Waals surface area contributed by atoms with E-state index >= 15 is 0 Å². The van der Waals surface area contributed by atoms with Crippen LogP contribution >= 0.6 is 23.2 Å². The van der Waals surface area contributed by atoms with Gasteiger partial charge in [-0.2, -0.15) is 0 Å². The largest absolute Gasteiger partial charge is 0.497 e. The zero-order valence-electron chi connectivity index (χ0n) is 21.6. The summed E-state index contributed by atoms with van der Waals surface area (Å²) in [5, 5.41) is 3.87. The highest BCUT2D eigenvalue weighted by molar-refractivity contribution is 6.32. The van der Waals surface area contributed by atoms with Gasteiger partial charge >= 0.3 is 0 Å². The third-order valence-electron chi connectivity index (χ3n) is 7.18. The van der Waals surface area contributed by atoms with Crippen molar-refractivity contribution >= 4 is 46.4 Å². The Bertz CT molecular complexity index is 1680. The fraction of sp³-hybridized carbons (Fsp3) is 0.207. The number of carbonyl (C=O) groups is 2. The van der Waals surface area contributed by atoms with E-state index in [0.717, 1.165) is 0 Å². The number of fused-ring (bicyclic) bond motifs is 4. The van der Waals surface area contributed by atoms with E-state index in [2.05, 4.69) is 5.32 Å². The van der Waals surface area contributed by atoms with Crippen molar-refractivity contribution in [2.24, 2.45) is 0 Å². The summed E-state index contributed by atoms with van der Waals surface area (Å²) in [6, 6.07) is 17.3. The van der Waals surface area contributed by atoms with E-state index in [1.54, 1.807) is 68.8 Å². The number of ether oxygens (including phenoxy) is 2. The third kappa shape index (κ3) is 3.48. The Kier molecular flexibility index (Phi) is 5.86. The van der Waals surface area contributed by atoms with Gasteiger partial charge in [-0.15, -0.1) is 0 Å². The van der Waals surface area contributed by atoms with Crippen molar-refractivity contribution in [2.75, 3.05) is 24.4 Å². The lowest BCUT2D eigenvalue weighted by Gasteiger charge is -2.35. The lowest BCUT2D eigenvalue weighted by atomic mass is 9.87. The molecule has 3 heterocycles. The first-order chi connectivity index (χ1) is 18.7. The van der Waals surface area contributed by atoms with Crippen molar-refractivity contribution in [3.63, 3.8) is 0 Å². The molecule has 1 spiro atoms. The van der Waals surface area contributed by atoms with Crippen LogP contribution in [0.1, 0.15) is 41.6 Å². The molecule has 8 nitrogen and oxygen atoms in total. The summed E-state index contributed by atoms with van der Waals surface area (Å²) in [7, 11) is 3.14. The highest BCUT2D eigenvalue weighted by Crippen LogP contribution is 2.54. The van der Waals surface area contributed by atoms with Gasteiger partial charge < -0.3 is 19.4 Å². The Hall–Kier alpha value is -4.01. The second-order valence-corrected chi connectivity index (χ2v) is 10.5. The lowest BCUT2D eigenvalue weighted by Crippen LogP contribution is -2.51. The van der Waals surface area contributed by atoms with Crippen LogP contribution in [-0.2, 0) is 10.3 Å². The molecule has 3 aromatic carbocycles. The Balaban J connectivity index is 1.71. The second kappa shape index (κ2) is 9.03. The van der Waals surface area contributed by atoms with E-state index in [4.69, 9.17) is 37.7 Å².